The molecule has 6 nitrogen and oxygen atoms in total. The fraction of sp³-hybridized carbons (Fsp3) is 0. The second-order valence-electron chi connectivity index (χ2n) is 14.5. The molecule has 0 saturated carbocycles. The summed E-state index contributed by atoms with van der Waals surface area (Å²) in [6, 6.07) is 67.9. The molecule has 294 valence electrons. The minimum atomic E-state index is -0.415. The Morgan fingerprint density at radius 1 is 0.508 bits per heavy atom. The molecule has 7 aromatic carbocycles. The van der Waals surface area contributed by atoms with Crippen LogP contribution in [0.4, 0.5) is 4.39 Å². The van der Waals surface area contributed by atoms with Crippen LogP contribution >= 0.6 is 0 Å². The van der Waals surface area contributed by atoms with Gasteiger partial charge in [-0.3, -0.25) is 4.98 Å². The van der Waals surface area contributed by atoms with E-state index in [4.69, 9.17) is 9.72 Å². The Morgan fingerprint density at radius 2 is 1.15 bits per heavy atom. The number of para-hydroxylation sites is 4. The van der Waals surface area contributed by atoms with Crippen LogP contribution in [-0.2, 0) is 19.4 Å². The van der Waals surface area contributed by atoms with Crippen molar-refractivity contribution in [1.82, 2.24) is 23.7 Å². The summed E-state index contributed by atoms with van der Waals surface area (Å²) in [5.41, 5.74) is 10.9. The summed E-state index contributed by atoms with van der Waals surface area (Å²) in [5, 5.41) is 1.94. The Balaban J connectivity index is 1.02. The van der Waals surface area contributed by atoms with Crippen molar-refractivity contribution in [2.45, 2.75) is 0 Å². The van der Waals surface area contributed by atoms with E-state index in [1.807, 2.05) is 59.2 Å². The molecule has 11 aromatic rings. The number of hydrogen-bond acceptors (Lipinski definition) is 3. The number of hydrogen-bond donors (Lipinski definition) is 0. The molecule has 0 aliphatic heterocycles. The third-order valence-electron chi connectivity index (χ3n) is 10.9. The van der Waals surface area contributed by atoms with E-state index >= 15 is 4.39 Å². The molecule has 0 radical (unpaired) electrons. The van der Waals surface area contributed by atoms with Crippen molar-refractivity contribution in [1.29, 1.82) is 0 Å². The fourth-order valence-electron chi connectivity index (χ4n) is 8.21. The van der Waals surface area contributed by atoms with Crippen LogP contribution in [0.15, 0.2) is 194 Å². The molecule has 0 fully saturated rings. The summed E-state index contributed by atoms with van der Waals surface area (Å²) in [5.74, 6) is 1.02. The third kappa shape index (κ3) is 6.42. The molecule has 4 aromatic heterocycles. The molecule has 0 amide bonds. The molecule has 4 heterocycles. The molecular weight excluding hydrogens is 937 g/mol. The van der Waals surface area contributed by atoms with Gasteiger partial charge in [0.05, 0.1) is 11.3 Å². The van der Waals surface area contributed by atoms with E-state index in [0.717, 1.165) is 64.8 Å². The predicted molar refractivity (Wildman–Crippen MR) is 236 cm³/mol. The molecule has 8 heteroatoms. The van der Waals surface area contributed by atoms with Crippen LogP contribution in [0.25, 0.3) is 83.5 Å². The molecule has 61 heavy (non-hydrogen) atoms. The second kappa shape index (κ2) is 15.3. The maximum absolute atomic E-state index is 15.8. The smallest absolute Gasteiger partial charge is 0.256 e. The van der Waals surface area contributed by atoms with Crippen molar-refractivity contribution in [3.63, 3.8) is 0 Å². The first-order valence-electron chi connectivity index (χ1n) is 19.8. The van der Waals surface area contributed by atoms with E-state index in [-0.39, 0.29) is 0 Å². The number of nitrogens with zero attached hydrogens (tertiary/aromatic N) is 5. The van der Waals surface area contributed by atoms with Crippen LogP contribution in [0.5, 0.6) is 11.5 Å². The summed E-state index contributed by atoms with van der Waals surface area (Å²) < 4.78 is 29.8. The van der Waals surface area contributed by atoms with E-state index in [9.17, 15) is 0 Å². The normalized spacial score (nSPS) is 11.5. The van der Waals surface area contributed by atoms with Crippen LogP contribution in [0, 0.1) is 21.8 Å². The summed E-state index contributed by atoms with van der Waals surface area (Å²) >= 11 is 2.44. The first-order valence-corrected chi connectivity index (χ1v) is 20.9. The first-order chi connectivity index (χ1) is 30.1. The van der Waals surface area contributed by atoms with Gasteiger partial charge in [-0.1, -0.05) is 18.2 Å². The number of fused-ring (bicyclic) bond motifs is 4. The van der Waals surface area contributed by atoms with Crippen LogP contribution in [-0.4, -0.2) is 23.7 Å². The standard InChI is InChI=1S/C53H32FN5O.Pt/c54-46-33-52(56-34-45(46)47-24-11-12-30-55-47)59-48-25-8-7-21-43(48)44-29-28-40(32-51(44)59)60-39-20-13-19-38(31-39)57-35-58(50-27-10-9-26-49(50)57)53-41(36-15-3-1-4-16-36)22-14-23-42(53)37-17-5-2-6-18-37;/h1-30,33-34H;/q-2;. The average molecular weight is 969 g/mol. The Kier molecular flexibility index (Phi) is 9.17. The molecule has 0 bridgehead atoms. The van der Waals surface area contributed by atoms with Gasteiger partial charge < -0.3 is 0 Å². The first kappa shape index (κ1) is 36.6. The second-order valence-corrected chi connectivity index (χ2v) is 15.5. The van der Waals surface area contributed by atoms with Gasteiger partial charge in [-0.05, 0) is 12.1 Å². The van der Waals surface area contributed by atoms with Crippen LogP contribution in [0.1, 0.15) is 0 Å². The Hall–Kier alpha value is -7.47. The van der Waals surface area contributed by atoms with Crippen LogP contribution in [0.2, 0.25) is 0 Å². The Bertz CT molecular complexity index is 3430. The minimum Gasteiger partial charge on any atom is -0.256 e. The number of ether oxygens (including phenoxy) is 1. The topological polar surface area (TPSA) is 49.8 Å². The van der Waals surface area contributed by atoms with E-state index in [2.05, 4.69) is 155 Å². The van der Waals surface area contributed by atoms with Crippen molar-refractivity contribution in [3.8, 4) is 62.2 Å². The zero-order valence-electron chi connectivity index (χ0n) is 32.3. The van der Waals surface area contributed by atoms with Crippen molar-refractivity contribution in [2.24, 2.45) is 0 Å². The quantitative estimate of drug-likeness (QED) is 0.143. The van der Waals surface area contributed by atoms with Crippen LogP contribution < -0.4 is 4.74 Å². The van der Waals surface area contributed by atoms with Crippen molar-refractivity contribution in [2.75, 3.05) is 0 Å². The SMILES string of the molecule is Fc1cc(-n2c3[c-]c(Oc4[c-]c(-n5[c](=[Pt])n(-c6c(-c7ccccc7)cccc6-c6ccccc6)c6ccccc65)ccc4)ccc3c3ccccc32)ncc1-c1ccccn1. The summed E-state index contributed by atoms with van der Waals surface area (Å²) in [7, 11) is 0. The van der Waals surface area contributed by atoms with Crippen molar-refractivity contribution < 1.29 is 28.5 Å². The number of aromatic nitrogens is 5. The minimum absolute atomic E-state index is 0.335. The molecule has 0 saturated heterocycles. The number of imidazole rings is 1. The third-order valence-corrected chi connectivity index (χ3v) is 11.9. The number of rotatable bonds is 8. The van der Waals surface area contributed by atoms with Crippen molar-refractivity contribution in [3.05, 3.63) is 216 Å². The van der Waals surface area contributed by atoms with Crippen LogP contribution in [0.3, 0.4) is 0 Å². The summed E-state index contributed by atoms with van der Waals surface area (Å²) in [4.78, 5) is 9.06. The monoisotopic (exact) mass is 968 g/mol. The molecule has 0 atom stereocenters. The molecule has 0 aliphatic carbocycles. The fourth-order valence-corrected chi connectivity index (χ4v) is 9.28. The number of pyridine rings is 2. The van der Waals surface area contributed by atoms with Crippen molar-refractivity contribution >= 4 is 32.8 Å². The Labute approximate surface area is 361 Å². The molecular formula is C53H32FN5OPt-2. The molecule has 0 spiro atoms. The van der Waals surface area contributed by atoms with Gasteiger partial charge in [-0.15, -0.1) is 0 Å². The zero-order chi connectivity index (χ0) is 40.9. The van der Waals surface area contributed by atoms with E-state index < -0.39 is 5.82 Å². The van der Waals surface area contributed by atoms with Gasteiger partial charge in [0.1, 0.15) is 5.82 Å². The summed E-state index contributed by atoms with van der Waals surface area (Å²) in [6.45, 7) is 0. The van der Waals surface area contributed by atoms with Gasteiger partial charge in [0, 0.05) is 12.4 Å². The van der Waals surface area contributed by atoms with Gasteiger partial charge in [0.15, 0.2) is 0 Å². The number of benzene rings is 7. The summed E-state index contributed by atoms with van der Waals surface area (Å²) in [6.07, 6.45) is 3.18. The van der Waals surface area contributed by atoms with E-state index in [1.165, 1.54) is 12.3 Å². The average Bonchev–Trinajstić information content (AvgIpc) is 3.80. The number of halogens is 1. The maximum atomic E-state index is 15.8. The molecule has 0 aliphatic rings. The molecule has 11 rings (SSSR count). The van der Waals surface area contributed by atoms with Gasteiger partial charge >= 0.3 is 294 Å². The van der Waals surface area contributed by atoms with E-state index in [0.29, 0.717) is 34.1 Å². The molecule has 0 N–H and O–H groups in total. The zero-order valence-corrected chi connectivity index (χ0v) is 34.6. The Morgan fingerprint density at radius 3 is 1.85 bits per heavy atom. The van der Waals surface area contributed by atoms with Gasteiger partial charge in [-0.2, -0.15) is 0 Å². The molecule has 0 unspecified atom stereocenters. The van der Waals surface area contributed by atoms with Gasteiger partial charge in [0.25, 0.3) is 0 Å². The van der Waals surface area contributed by atoms with Gasteiger partial charge in [0.2, 0.25) is 0 Å². The van der Waals surface area contributed by atoms with Gasteiger partial charge in [-0.25, -0.2) is 4.39 Å². The predicted octanol–water partition coefficient (Wildman–Crippen LogP) is 12.9. The van der Waals surface area contributed by atoms with E-state index in [1.54, 1.807) is 18.3 Å².